The summed E-state index contributed by atoms with van der Waals surface area (Å²) in [4.78, 5) is 0. The predicted octanol–water partition coefficient (Wildman–Crippen LogP) is 2.85. The van der Waals surface area contributed by atoms with Gasteiger partial charge in [-0.3, -0.25) is 0 Å². The van der Waals surface area contributed by atoms with Crippen LogP contribution in [0.2, 0.25) is 0 Å². The van der Waals surface area contributed by atoms with Crippen LogP contribution < -0.4 is 4.72 Å². The summed E-state index contributed by atoms with van der Waals surface area (Å²) in [5, 5.41) is 10.5. The first-order valence-electron chi connectivity index (χ1n) is 8.41. The summed E-state index contributed by atoms with van der Waals surface area (Å²) in [7, 11) is -3.47. The van der Waals surface area contributed by atoms with Gasteiger partial charge in [-0.05, 0) is 43.1 Å². The normalized spacial score (nSPS) is 33.7. The Labute approximate surface area is 139 Å². The van der Waals surface area contributed by atoms with Gasteiger partial charge in [0.25, 0.3) is 0 Å². The molecule has 4 atom stereocenters. The molecule has 0 saturated heterocycles. The van der Waals surface area contributed by atoms with Crippen molar-refractivity contribution in [2.45, 2.75) is 52.2 Å². The van der Waals surface area contributed by atoms with Crippen LogP contribution in [0.25, 0.3) is 0 Å². The van der Waals surface area contributed by atoms with Crippen LogP contribution in [0.5, 0.6) is 0 Å². The maximum atomic E-state index is 12.8. The maximum Gasteiger partial charge on any atom is 0.212 e. The van der Waals surface area contributed by atoms with Crippen LogP contribution in [0.3, 0.4) is 0 Å². The Morgan fingerprint density at radius 2 is 1.96 bits per heavy atom. The standard InChI is InChI=1S/C18H27NO3S/c1-13(14-7-5-4-6-8-14)19-23(21,22)12-18-10-9-15(11-16(18)20)17(18,2)3/h4-8,13,15-16,19-20H,9-12H2,1-3H3/t13-,15-,16-,18-/m1/s1. The molecule has 2 saturated carbocycles. The number of fused-ring (bicyclic) bond motifs is 2. The minimum atomic E-state index is -3.47. The quantitative estimate of drug-likeness (QED) is 0.868. The number of benzene rings is 1. The second-order valence-electron chi connectivity index (χ2n) is 7.87. The lowest BCUT2D eigenvalue weighted by Crippen LogP contribution is -2.47. The molecule has 128 valence electrons. The topological polar surface area (TPSA) is 66.4 Å². The summed E-state index contributed by atoms with van der Waals surface area (Å²) in [6, 6.07) is 9.31. The van der Waals surface area contributed by atoms with Gasteiger partial charge in [-0.2, -0.15) is 0 Å². The van der Waals surface area contributed by atoms with E-state index >= 15 is 0 Å². The maximum absolute atomic E-state index is 12.8. The van der Waals surface area contributed by atoms with E-state index in [9.17, 15) is 13.5 Å². The summed E-state index contributed by atoms with van der Waals surface area (Å²) in [6.07, 6.45) is 2.04. The van der Waals surface area contributed by atoms with E-state index in [1.54, 1.807) is 0 Å². The van der Waals surface area contributed by atoms with Crippen LogP contribution in [-0.2, 0) is 10.0 Å². The number of hydrogen-bond acceptors (Lipinski definition) is 3. The van der Waals surface area contributed by atoms with Crippen molar-refractivity contribution in [3.05, 3.63) is 35.9 Å². The summed E-state index contributed by atoms with van der Waals surface area (Å²) in [6.45, 7) is 6.10. The third-order valence-corrected chi connectivity index (χ3v) is 8.10. The molecule has 5 heteroatoms. The fraction of sp³-hybridized carbons (Fsp3) is 0.667. The second kappa shape index (κ2) is 5.57. The van der Waals surface area contributed by atoms with E-state index in [1.807, 2.05) is 37.3 Å². The zero-order valence-electron chi connectivity index (χ0n) is 14.1. The van der Waals surface area contributed by atoms with E-state index in [4.69, 9.17) is 0 Å². The molecule has 0 aromatic heterocycles. The first-order valence-corrected chi connectivity index (χ1v) is 10.1. The lowest BCUT2D eigenvalue weighted by atomic mass is 9.70. The van der Waals surface area contributed by atoms with E-state index < -0.39 is 21.5 Å². The molecule has 4 nitrogen and oxygen atoms in total. The highest BCUT2D eigenvalue weighted by atomic mass is 32.2. The third-order valence-electron chi connectivity index (χ3n) is 6.49. The molecule has 0 aliphatic heterocycles. The minimum Gasteiger partial charge on any atom is -0.392 e. The lowest BCUT2D eigenvalue weighted by molar-refractivity contribution is 0.0151. The first kappa shape index (κ1) is 16.9. The Balaban J connectivity index is 1.79. The number of hydrogen-bond donors (Lipinski definition) is 2. The third kappa shape index (κ3) is 2.73. The first-order chi connectivity index (χ1) is 10.7. The number of rotatable bonds is 5. The van der Waals surface area contributed by atoms with Crippen LogP contribution in [-0.4, -0.2) is 25.4 Å². The molecule has 23 heavy (non-hydrogen) atoms. The Hall–Kier alpha value is -0.910. The van der Waals surface area contributed by atoms with Gasteiger partial charge in [0.05, 0.1) is 11.9 Å². The van der Waals surface area contributed by atoms with Crippen molar-refractivity contribution in [2.75, 3.05) is 5.75 Å². The molecule has 0 unspecified atom stereocenters. The summed E-state index contributed by atoms with van der Waals surface area (Å²) in [5.74, 6) is 0.446. The van der Waals surface area contributed by atoms with E-state index in [-0.39, 0.29) is 17.2 Å². The van der Waals surface area contributed by atoms with Gasteiger partial charge in [0.1, 0.15) is 0 Å². The van der Waals surface area contributed by atoms with E-state index in [1.165, 1.54) is 0 Å². The van der Waals surface area contributed by atoms with Crippen molar-refractivity contribution < 1.29 is 13.5 Å². The molecule has 2 aliphatic carbocycles. The van der Waals surface area contributed by atoms with Crippen LogP contribution >= 0.6 is 0 Å². The summed E-state index contributed by atoms with van der Waals surface area (Å²) in [5.41, 5.74) is 0.306. The average molecular weight is 337 g/mol. The number of aliphatic hydroxyl groups is 1. The molecule has 2 aliphatic rings. The number of nitrogens with one attached hydrogen (secondary N) is 1. The van der Waals surface area contributed by atoms with Crippen LogP contribution in [0.4, 0.5) is 0 Å². The highest BCUT2D eigenvalue weighted by Crippen LogP contribution is 2.66. The van der Waals surface area contributed by atoms with Crippen molar-refractivity contribution >= 4 is 10.0 Å². The highest BCUT2D eigenvalue weighted by molar-refractivity contribution is 7.89. The molecular weight excluding hydrogens is 310 g/mol. The Morgan fingerprint density at radius 3 is 2.48 bits per heavy atom. The Bertz CT molecular complexity index is 671. The molecule has 1 aromatic carbocycles. The van der Waals surface area contributed by atoms with Gasteiger partial charge < -0.3 is 5.11 Å². The van der Waals surface area contributed by atoms with E-state index in [2.05, 4.69) is 18.6 Å². The Morgan fingerprint density at radius 1 is 1.30 bits per heavy atom. The van der Waals surface area contributed by atoms with Crippen molar-refractivity contribution in [3.8, 4) is 0 Å². The number of aliphatic hydroxyl groups excluding tert-OH is 1. The molecule has 2 fully saturated rings. The van der Waals surface area contributed by atoms with Gasteiger partial charge in [-0.15, -0.1) is 0 Å². The van der Waals surface area contributed by atoms with E-state index in [0.29, 0.717) is 5.92 Å². The van der Waals surface area contributed by atoms with Gasteiger partial charge in [0, 0.05) is 11.5 Å². The fourth-order valence-corrected chi connectivity index (χ4v) is 6.98. The molecule has 0 heterocycles. The molecule has 0 amide bonds. The molecule has 2 N–H and O–H groups in total. The van der Waals surface area contributed by atoms with Gasteiger partial charge in [0.15, 0.2) is 0 Å². The summed E-state index contributed by atoms with van der Waals surface area (Å²) >= 11 is 0. The molecular formula is C18H27NO3S. The SMILES string of the molecule is C[C@@H](NS(=O)(=O)C[C@]12CC[C@H](C[C@H]1O)C2(C)C)c1ccccc1. The van der Waals surface area contributed by atoms with Crippen molar-refractivity contribution in [1.29, 1.82) is 0 Å². The smallest absolute Gasteiger partial charge is 0.212 e. The molecule has 2 bridgehead atoms. The highest BCUT2D eigenvalue weighted by Gasteiger charge is 2.64. The average Bonchev–Trinajstić information content (AvgIpc) is 2.81. The largest absolute Gasteiger partial charge is 0.392 e. The van der Waals surface area contributed by atoms with Crippen LogP contribution in [0.15, 0.2) is 30.3 Å². The zero-order valence-corrected chi connectivity index (χ0v) is 14.9. The lowest BCUT2D eigenvalue weighted by Gasteiger charge is -2.40. The Kier molecular flexibility index (Phi) is 4.10. The number of sulfonamides is 1. The van der Waals surface area contributed by atoms with Crippen molar-refractivity contribution in [1.82, 2.24) is 4.72 Å². The van der Waals surface area contributed by atoms with Gasteiger partial charge >= 0.3 is 0 Å². The van der Waals surface area contributed by atoms with Crippen molar-refractivity contribution in [3.63, 3.8) is 0 Å². The zero-order chi connectivity index (χ0) is 16.9. The molecule has 1 aromatic rings. The predicted molar refractivity (Wildman–Crippen MR) is 91.3 cm³/mol. The summed E-state index contributed by atoms with van der Waals surface area (Å²) < 4.78 is 28.3. The monoisotopic (exact) mass is 337 g/mol. The second-order valence-corrected chi connectivity index (χ2v) is 9.63. The molecule has 3 rings (SSSR count). The van der Waals surface area contributed by atoms with Gasteiger partial charge in [-0.1, -0.05) is 44.2 Å². The fourth-order valence-electron chi connectivity index (χ4n) is 4.84. The van der Waals surface area contributed by atoms with Gasteiger partial charge in [-0.25, -0.2) is 13.1 Å². The van der Waals surface area contributed by atoms with Gasteiger partial charge in [0.2, 0.25) is 10.0 Å². The van der Waals surface area contributed by atoms with E-state index in [0.717, 1.165) is 24.8 Å². The van der Waals surface area contributed by atoms with Crippen LogP contribution in [0, 0.1) is 16.7 Å². The molecule has 0 spiro atoms. The minimum absolute atomic E-state index is 0.0157. The van der Waals surface area contributed by atoms with Crippen LogP contribution in [0.1, 0.15) is 51.6 Å². The molecule has 0 radical (unpaired) electrons. The van der Waals surface area contributed by atoms with Crippen molar-refractivity contribution in [2.24, 2.45) is 16.7 Å².